The molecule has 0 spiro atoms. The van der Waals surface area contributed by atoms with Crippen LogP contribution in [0.2, 0.25) is 0 Å². The third-order valence-electron chi connectivity index (χ3n) is 4.56. The number of hydrogen-bond acceptors (Lipinski definition) is 1. The lowest BCUT2D eigenvalue weighted by Gasteiger charge is -2.34. The van der Waals surface area contributed by atoms with Crippen molar-refractivity contribution in [2.45, 2.75) is 45.4 Å². The maximum atomic E-state index is 14.1. The van der Waals surface area contributed by atoms with Crippen LogP contribution in [0.3, 0.4) is 0 Å². The monoisotopic (exact) mass is 282 g/mol. The first-order valence-corrected chi connectivity index (χ1v) is 7.13. The van der Waals surface area contributed by atoms with Gasteiger partial charge in [0.1, 0.15) is 0 Å². The Morgan fingerprint density at radius 2 is 2.00 bits per heavy atom. The summed E-state index contributed by atoms with van der Waals surface area (Å²) in [6.45, 7) is 3.56. The number of halogens is 2. The summed E-state index contributed by atoms with van der Waals surface area (Å²) in [5, 5.41) is 9.33. The Morgan fingerprint density at radius 1 is 1.30 bits per heavy atom. The number of rotatable bonds is 3. The number of carbonyl (C=O) groups is 1. The van der Waals surface area contributed by atoms with E-state index in [1.54, 1.807) is 6.07 Å². The Bertz CT molecular complexity index is 513. The van der Waals surface area contributed by atoms with E-state index in [0.717, 1.165) is 12.8 Å². The zero-order chi connectivity index (χ0) is 14.9. The number of carboxylic acid groups (broad SMARTS) is 1. The molecule has 4 heteroatoms. The van der Waals surface area contributed by atoms with Crippen LogP contribution in [-0.4, -0.2) is 11.1 Å². The molecular weight excluding hydrogens is 262 g/mol. The van der Waals surface area contributed by atoms with Gasteiger partial charge in [0.2, 0.25) is 0 Å². The maximum Gasteiger partial charge on any atom is 0.307 e. The minimum atomic E-state index is -0.912. The lowest BCUT2D eigenvalue weighted by molar-refractivity contribution is -0.144. The van der Waals surface area contributed by atoms with Crippen molar-refractivity contribution in [3.63, 3.8) is 0 Å². The molecule has 1 aromatic rings. The van der Waals surface area contributed by atoms with Gasteiger partial charge in [-0.1, -0.05) is 25.5 Å². The van der Waals surface area contributed by atoms with Gasteiger partial charge in [0, 0.05) is 5.92 Å². The third kappa shape index (κ3) is 2.69. The van der Waals surface area contributed by atoms with Crippen LogP contribution >= 0.6 is 0 Å². The van der Waals surface area contributed by atoms with Gasteiger partial charge < -0.3 is 5.11 Å². The summed E-state index contributed by atoms with van der Waals surface area (Å²) in [7, 11) is 0. The normalized spacial score (nSPS) is 26.5. The van der Waals surface area contributed by atoms with Crippen LogP contribution in [0, 0.1) is 30.4 Å². The Kier molecular flexibility index (Phi) is 4.41. The second kappa shape index (κ2) is 5.90. The molecule has 2 rings (SSSR count). The summed E-state index contributed by atoms with van der Waals surface area (Å²) < 4.78 is 27.9. The van der Waals surface area contributed by atoms with Crippen LogP contribution in [-0.2, 0) is 4.79 Å². The molecule has 2 nitrogen and oxygen atoms in total. The molecule has 1 aliphatic rings. The molecule has 110 valence electrons. The number of aliphatic carboxylic acids is 1. The fourth-order valence-corrected chi connectivity index (χ4v) is 3.22. The van der Waals surface area contributed by atoms with Crippen molar-refractivity contribution in [1.29, 1.82) is 0 Å². The lowest BCUT2D eigenvalue weighted by atomic mass is 9.70. The standard InChI is InChI=1S/C16H20F2O2/c1-3-10-5-7-12(16(19)20)13(8-10)11-6-4-9(2)14(17)15(11)18/h4,6,10,12-13H,3,5,7-8H2,1-2H3,(H,19,20). The van der Waals surface area contributed by atoms with E-state index in [1.165, 1.54) is 13.0 Å². The van der Waals surface area contributed by atoms with Crippen LogP contribution < -0.4 is 0 Å². The summed E-state index contributed by atoms with van der Waals surface area (Å²) in [6.07, 6.45) is 2.94. The van der Waals surface area contributed by atoms with Crippen molar-refractivity contribution in [3.05, 3.63) is 34.9 Å². The van der Waals surface area contributed by atoms with Crippen LogP contribution in [0.25, 0.3) is 0 Å². The molecule has 1 saturated carbocycles. The summed E-state index contributed by atoms with van der Waals surface area (Å²) in [5.74, 6) is -3.30. The van der Waals surface area contributed by atoms with E-state index in [4.69, 9.17) is 0 Å². The summed E-state index contributed by atoms with van der Waals surface area (Å²) in [6, 6.07) is 3.08. The molecule has 0 amide bonds. The second-order valence-electron chi connectivity index (χ2n) is 5.74. The first-order chi connectivity index (χ1) is 9.45. The van der Waals surface area contributed by atoms with Crippen molar-refractivity contribution < 1.29 is 18.7 Å². The predicted octanol–water partition coefficient (Wildman–Crippen LogP) is 4.27. The molecule has 1 N–H and O–H groups in total. The SMILES string of the molecule is CCC1CCC(C(=O)O)C(c2ccc(C)c(F)c2F)C1. The van der Waals surface area contributed by atoms with E-state index in [1.807, 2.05) is 0 Å². The van der Waals surface area contributed by atoms with Crippen LogP contribution in [0.5, 0.6) is 0 Å². The molecule has 0 saturated heterocycles. The molecule has 1 aliphatic carbocycles. The van der Waals surface area contributed by atoms with Gasteiger partial charge in [-0.25, -0.2) is 8.78 Å². The van der Waals surface area contributed by atoms with E-state index in [2.05, 4.69) is 6.92 Å². The molecule has 3 unspecified atom stereocenters. The Hall–Kier alpha value is -1.45. The van der Waals surface area contributed by atoms with Crippen molar-refractivity contribution >= 4 is 5.97 Å². The van der Waals surface area contributed by atoms with Gasteiger partial charge in [-0.2, -0.15) is 0 Å². The smallest absolute Gasteiger partial charge is 0.307 e. The van der Waals surface area contributed by atoms with Gasteiger partial charge in [0.15, 0.2) is 11.6 Å². The van der Waals surface area contributed by atoms with E-state index in [-0.39, 0.29) is 11.1 Å². The molecule has 1 aromatic carbocycles. The minimum absolute atomic E-state index is 0.221. The van der Waals surface area contributed by atoms with Crippen molar-refractivity contribution in [2.24, 2.45) is 11.8 Å². The zero-order valence-electron chi connectivity index (χ0n) is 11.8. The average Bonchev–Trinajstić information content (AvgIpc) is 2.44. The zero-order valence-corrected chi connectivity index (χ0v) is 11.8. The Morgan fingerprint density at radius 3 is 2.60 bits per heavy atom. The first-order valence-electron chi connectivity index (χ1n) is 7.13. The Labute approximate surface area is 117 Å². The summed E-state index contributed by atoms with van der Waals surface area (Å²) in [4.78, 5) is 11.4. The van der Waals surface area contributed by atoms with Crippen molar-refractivity contribution in [3.8, 4) is 0 Å². The minimum Gasteiger partial charge on any atom is -0.481 e. The first kappa shape index (κ1) is 14.9. The van der Waals surface area contributed by atoms with Gasteiger partial charge in [-0.3, -0.25) is 4.79 Å². The molecule has 0 aromatic heterocycles. The molecule has 0 aliphatic heterocycles. The van der Waals surface area contributed by atoms with Crippen LogP contribution in [0.4, 0.5) is 8.78 Å². The van der Waals surface area contributed by atoms with E-state index >= 15 is 0 Å². The number of benzene rings is 1. The van der Waals surface area contributed by atoms with Gasteiger partial charge in [0.05, 0.1) is 5.92 Å². The quantitative estimate of drug-likeness (QED) is 0.899. The van der Waals surface area contributed by atoms with Gasteiger partial charge in [-0.05, 0) is 43.2 Å². The molecule has 0 bridgehead atoms. The molecular formula is C16H20F2O2. The van der Waals surface area contributed by atoms with E-state index < -0.39 is 29.4 Å². The van der Waals surface area contributed by atoms with Crippen molar-refractivity contribution in [2.75, 3.05) is 0 Å². The summed E-state index contributed by atoms with van der Waals surface area (Å²) >= 11 is 0. The molecule has 1 fully saturated rings. The highest BCUT2D eigenvalue weighted by Crippen LogP contribution is 2.43. The largest absolute Gasteiger partial charge is 0.481 e. The average molecular weight is 282 g/mol. The number of carboxylic acids is 1. The second-order valence-corrected chi connectivity index (χ2v) is 5.74. The highest BCUT2D eigenvalue weighted by molar-refractivity contribution is 5.71. The lowest BCUT2D eigenvalue weighted by Crippen LogP contribution is -2.30. The number of hydrogen-bond donors (Lipinski definition) is 1. The fourth-order valence-electron chi connectivity index (χ4n) is 3.22. The fraction of sp³-hybridized carbons (Fsp3) is 0.562. The van der Waals surface area contributed by atoms with Gasteiger partial charge in [-0.15, -0.1) is 0 Å². The highest BCUT2D eigenvalue weighted by Gasteiger charge is 2.37. The van der Waals surface area contributed by atoms with Gasteiger partial charge >= 0.3 is 5.97 Å². The molecule has 3 atom stereocenters. The maximum absolute atomic E-state index is 14.1. The highest BCUT2D eigenvalue weighted by atomic mass is 19.2. The topological polar surface area (TPSA) is 37.3 Å². The van der Waals surface area contributed by atoms with E-state index in [9.17, 15) is 18.7 Å². The predicted molar refractivity (Wildman–Crippen MR) is 72.6 cm³/mol. The third-order valence-corrected chi connectivity index (χ3v) is 4.56. The summed E-state index contributed by atoms with van der Waals surface area (Å²) in [5.41, 5.74) is 0.472. The van der Waals surface area contributed by atoms with Crippen LogP contribution in [0.15, 0.2) is 12.1 Å². The number of aryl methyl sites for hydroxylation is 1. The van der Waals surface area contributed by atoms with Crippen molar-refractivity contribution in [1.82, 2.24) is 0 Å². The molecule has 0 radical (unpaired) electrons. The van der Waals surface area contributed by atoms with Crippen LogP contribution in [0.1, 0.15) is 49.7 Å². The van der Waals surface area contributed by atoms with E-state index in [0.29, 0.717) is 18.8 Å². The molecule has 0 heterocycles. The molecule has 20 heavy (non-hydrogen) atoms. The Balaban J connectivity index is 2.40. The van der Waals surface area contributed by atoms with Gasteiger partial charge in [0.25, 0.3) is 0 Å².